The summed E-state index contributed by atoms with van der Waals surface area (Å²) < 4.78 is 5.19. The monoisotopic (exact) mass is 359 g/mol. The molecule has 2 aromatic rings. The van der Waals surface area contributed by atoms with Crippen molar-refractivity contribution in [3.05, 3.63) is 64.2 Å². The molecule has 2 aromatic carbocycles. The Morgan fingerprint density at radius 3 is 2.20 bits per heavy atom. The topological polar surface area (TPSA) is 76.4 Å². The summed E-state index contributed by atoms with van der Waals surface area (Å²) in [5.74, 6) is 1.11. The highest BCUT2D eigenvalue weighted by Crippen LogP contribution is 2.24. The second-order valence-corrected chi connectivity index (χ2v) is 6.31. The first kappa shape index (κ1) is 18.7. The van der Waals surface area contributed by atoms with E-state index in [1.54, 1.807) is 19.2 Å². The SMILES string of the molecule is COc1ccc([C@@H](NC(=S)Nc2ccc([N+](=O)[O-])cc2)C(C)C)cc1. The molecule has 0 unspecified atom stereocenters. The van der Waals surface area contributed by atoms with Gasteiger partial charge in [0.15, 0.2) is 5.11 Å². The van der Waals surface area contributed by atoms with Crippen molar-refractivity contribution >= 4 is 28.7 Å². The van der Waals surface area contributed by atoms with Crippen molar-refractivity contribution in [1.29, 1.82) is 0 Å². The summed E-state index contributed by atoms with van der Waals surface area (Å²) in [6.45, 7) is 4.22. The number of thiocarbonyl (C=S) groups is 1. The number of hydrogen-bond donors (Lipinski definition) is 2. The van der Waals surface area contributed by atoms with E-state index in [9.17, 15) is 10.1 Å². The number of nitrogens with one attached hydrogen (secondary N) is 2. The van der Waals surface area contributed by atoms with Crippen LogP contribution in [0.3, 0.4) is 0 Å². The lowest BCUT2D eigenvalue weighted by molar-refractivity contribution is -0.384. The van der Waals surface area contributed by atoms with Crippen molar-refractivity contribution in [2.75, 3.05) is 12.4 Å². The van der Waals surface area contributed by atoms with Crippen LogP contribution in [0, 0.1) is 16.0 Å². The van der Waals surface area contributed by atoms with E-state index in [2.05, 4.69) is 24.5 Å². The lowest BCUT2D eigenvalue weighted by Crippen LogP contribution is -2.34. The van der Waals surface area contributed by atoms with Gasteiger partial charge in [0.1, 0.15) is 5.75 Å². The van der Waals surface area contributed by atoms with Gasteiger partial charge in [-0.3, -0.25) is 10.1 Å². The van der Waals surface area contributed by atoms with Crippen LogP contribution in [0.25, 0.3) is 0 Å². The van der Waals surface area contributed by atoms with E-state index >= 15 is 0 Å². The van der Waals surface area contributed by atoms with Crippen molar-refractivity contribution in [2.24, 2.45) is 5.92 Å². The minimum Gasteiger partial charge on any atom is -0.497 e. The average molecular weight is 359 g/mol. The molecule has 0 saturated carbocycles. The molecule has 132 valence electrons. The van der Waals surface area contributed by atoms with Crippen LogP contribution in [-0.2, 0) is 0 Å². The molecular formula is C18H21N3O3S. The molecule has 1 atom stereocenters. The second kappa shape index (κ2) is 8.43. The van der Waals surface area contributed by atoms with Crippen LogP contribution in [0.2, 0.25) is 0 Å². The van der Waals surface area contributed by atoms with E-state index in [0.29, 0.717) is 16.7 Å². The number of nitrogens with zero attached hydrogens (tertiary/aromatic N) is 1. The van der Waals surface area contributed by atoms with Gasteiger partial charge in [-0.15, -0.1) is 0 Å². The normalized spacial score (nSPS) is 11.7. The molecule has 0 saturated heterocycles. The Morgan fingerprint density at radius 2 is 1.72 bits per heavy atom. The van der Waals surface area contributed by atoms with Gasteiger partial charge in [-0.2, -0.15) is 0 Å². The highest BCUT2D eigenvalue weighted by Gasteiger charge is 2.17. The lowest BCUT2D eigenvalue weighted by Gasteiger charge is -2.25. The first-order chi connectivity index (χ1) is 11.9. The van der Waals surface area contributed by atoms with Crippen LogP contribution in [0.4, 0.5) is 11.4 Å². The van der Waals surface area contributed by atoms with Gasteiger partial charge in [0, 0.05) is 17.8 Å². The summed E-state index contributed by atoms with van der Waals surface area (Å²) >= 11 is 5.38. The molecule has 0 bridgehead atoms. The molecule has 6 nitrogen and oxygen atoms in total. The predicted octanol–water partition coefficient (Wildman–Crippen LogP) is 4.29. The van der Waals surface area contributed by atoms with Crippen LogP contribution in [0.15, 0.2) is 48.5 Å². The first-order valence-corrected chi connectivity index (χ1v) is 8.27. The number of nitro benzene ring substituents is 1. The van der Waals surface area contributed by atoms with E-state index in [1.807, 2.05) is 24.3 Å². The maximum atomic E-state index is 10.7. The maximum absolute atomic E-state index is 10.7. The fourth-order valence-electron chi connectivity index (χ4n) is 2.42. The summed E-state index contributed by atoms with van der Waals surface area (Å²) in [5, 5.41) is 17.5. The number of methoxy groups -OCH3 is 1. The number of nitro groups is 1. The molecular weight excluding hydrogens is 338 g/mol. The Balaban J connectivity index is 2.05. The van der Waals surface area contributed by atoms with Crippen molar-refractivity contribution < 1.29 is 9.66 Å². The number of benzene rings is 2. The molecule has 0 aliphatic carbocycles. The summed E-state index contributed by atoms with van der Waals surface area (Å²) in [6, 6.07) is 14.0. The van der Waals surface area contributed by atoms with Crippen LogP contribution >= 0.6 is 12.2 Å². The van der Waals surface area contributed by atoms with E-state index in [-0.39, 0.29) is 11.7 Å². The fraction of sp³-hybridized carbons (Fsp3) is 0.278. The van der Waals surface area contributed by atoms with Crippen molar-refractivity contribution in [3.8, 4) is 5.75 Å². The van der Waals surface area contributed by atoms with Gasteiger partial charge in [0.25, 0.3) is 5.69 Å². The minimum atomic E-state index is -0.432. The van der Waals surface area contributed by atoms with Gasteiger partial charge in [0.05, 0.1) is 18.1 Å². The number of non-ortho nitro benzene ring substituents is 1. The highest BCUT2D eigenvalue weighted by molar-refractivity contribution is 7.80. The van der Waals surface area contributed by atoms with Crippen molar-refractivity contribution in [3.63, 3.8) is 0 Å². The molecule has 2 N–H and O–H groups in total. The summed E-state index contributed by atoms with van der Waals surface area (Å²) in [4.78, 5) is 10.3. The van der Waals surface area contributed by atoms with Gasteiger partial charge < -0.3 is 15.4 Å². The highest BCUT2D eigenvalue weighted by atomic mass is 32.1. The van der Waals surface area contributed by atoms with Gasteiger partial charge in [-0.25, -0.2) is 0 Å². The zero-order chi connectivity index (χ0) is 18.4. The largest absolute Gasteiger partial charge is 0.497 e. The van der Waals surface area contributed by atoms with E-state index in [4.69, 9.17) is 17.0 Å². The summed E-state index contributed by atoms with van der Waals surface area (Å²) in [7, 11) is 1.64. The lowest BCUT2D eigenvalue weighted by atomic mass is 9.96. The van der Waals surface area contributed by atoms with Crippen LogP contribution in [0.5, 0.6) is 5.75 Å². The summed E-state index contributed by atoms with van der Waals surface area (Å²) in [5.41, 5.74) is 1.84. The third-order valence-corrected chi connectivity index (χ3v) is 3.98. The third kappa shape index (κ3) is 5.15. The molecule has 0 aliphatic rings. The number of anilines is 1. The molecule has 0 aromatic heterocycles. The molecule has 0 aliphatic heterocycles. The van der Waals surface area contributed by atoms with Crippen LogP contribution in [-0.4, -0.2) is 17.1 Å². The molecule has 7 heteroatoms. The molecule has 25 heavy (non-hydrogen) atoms. The third-order valence-electron chi connectivity index (χ3n) is 3.76. The number of rotatable bonds is 6. The molecule has 0 amide bonds. The van der Waals surface area contributed by atoms with Crippen molar-refractivity contribution in [1.82, 2.24) is 5.32 Å². The standard InChI is InChI=1S/C18H21N3O3S/c1-12(2)17(13-4-10-16(24-3)11-5-13)20-18(25)19-14-6-8-15(9-7-14)21(22)23/h4-12,17H,1-3H3,(H2,19,20,25)/t17-/m0/s1. The molecule has 0 fully saturated rings. The van der Waals surface area contributed by atoms with E-state index in [0.717, 1.165) is 11.3 Å². The van der Waals surface area contributed by atoms with Crippen LogP contribution in [0.1, 0.15) is 25.5 Å². The van der Waals surface area contributed by atoms with Gasteiger partial charge in [-0.05, 0) is 48.0 Å². The van der Waals surface area contributed by atoms with E-state index in [1.165, 1.54) is 12.1 Å². The first-order valence-electron chi connectivity index (χ1n) is 7.86. The predicted molar refractivity (Wildman–Crippen MR) is 103 cm³/mol. The maximum Gasteiger partial charge on any atom is 0.269 e. The molecule has 2 rings (SSSR count). The summed E-state index contributed by atoms with van der Waals surface area (Å²) in [6.07, 6.45) is 0. The number of ether oxygens (including phenoxy) is 1. The zero-order valence-corrected chi connectivity index (χ0v) is 15.2. The van der Waals surface area contributed by atoms with Gasteiger partial charge >= 0.3 is 0 Å². The van der Waals surface area contributed by atoms with Crippen LogP contribution < -0.4 is 15.4 Å². The molecule has 0 spiro atoms. The molecule has 0 radical (unpaired) electrons. The van der Waals surface area contributed by atoms with Crippen molar-refractivity contribution in [2.45, 2.75) is 19.9 Å². The second-order valence-electron chi connectivity index (χ2n) is 5.90. The average Bonchev–Trinajstić information content (AvgIpc) is 2.60. The fourth-order valence-corrected chi connectivity index (χ4v) is 2.67. The van der Waals surface area contributed by atoms with Gasteiger partial charge in [0.2, 0.25) is 0 Å². The minimum absolute atomic E-state index is 0.0314. The Morgan fingerprint density at radius 1 is 1.12 bits per heavy atom. The number of hydrogen-bond acceptors (Lipinski definition) is 4. The zero-order valence-electron chi connectivity index (χ0n) is 14.4. The quantitative estimate of drug-likeness (QED) is 0.455. The Labute approximate surface area is 152 Å². The smallest absolute Gasteiger partial charge is 0.269 e. The Kier molecular flexibility index (Phi) is 6.30. The Hall–Kier alpha value is -2.67. The van der Waals surface area contributed by atoms with E-state index < -0.39 is 4.92 Å². The molecule has 0 heterocycles. The van der Waals surface area contributed by atoms with Gasteiger partial charge in [-0.1, -0.05) is 26.0 Å². The Bertz CT molecular complexity index is 730.